The van der Waals surface area contributed by atoms with Gasteiger partial charge < -0.3 is 20.2 Å². The van der Waals surface area contributed by atoms with Crippen molar-refractivity contribution in [2.45, 2.75) is 6.54 Å². The summed E-state index contributed by atoms with van der Waals surface area (Å²) in [6.07, 6.45) is 1.54. The molecule has 6 rings (SSSR count). The van der Waals surface area contributed by atoms with E-state index in [4.69, 9.17) is 10.2 Å². The molecule has 0 aliphatic carbocycles. The molecule has 0 amide bonds. The molecule has 0 atom stereocenters. The first-order valence-corrected chi connectivity index (χ1v) is 11.8. The Morgan fingerprint density at radius 1 is 1.11 bits per heavy atom. The summed E-state index contributed by atoms with van der Waals surface area (Å²) < 4.78 is 23.2. The maximum absolute atomic E-state index is 14.2. The highest BCUT2D eigenvalue weighted by Crippen LogP contribution is 2.26. The number of nitrogens with two attached hydrogens (primary N) is 1. The highest BCUT2D eigenvalue weighted by atomic mass is 32.1. The van der Waals surface area contributed by atoms with Crippen LogP contribution in [0.4, 0.5) is 16.0 Å². The topological polar surface area (TPSA) is 131 Å². The summed E-state index contributed by atoms with van der Waals surface area (Å²) >= 11 is 1.06. The molecule has 0 spiro atoms. The Bertz CT molecular complexity index is 1580. The molecule has 0 unspecified atom stereocenters. The third-order valence-electron chi connectivity index (χ3n) is 6.14. The van der Waals surface area contributed by atoms with Gasteiger partial charge in [0.05, 0.1) is 12.0 Å². The Labute approximate surface area is 201 Å². The highest BCUT2D eigenvalue weighted by Gasteiger charge is 2.22. The molecule has 5 heterocycles. The molecule has 1 aliphatic rings. The molecule has 13 heteroatoms. The predicted molar refractivity (Wildman–Crippen MR) is 129 cm³/mol. The summed E-state index contributed by atoms with van der Waals surface area (Å²) in [6.45, 7) is 3.79. The Hall–Kier alpha value is -3.97. The van der Waals surface area contributed by atoms with Crippen LogP contribution in [0.3, 0.4) is 0 Å². The Morgan fingerprint density at radius 2 is 1.94 bits per heavy atom. The zero-order valence-electron chi connectivity index (χ0n) is 18.5. The van der Waals surface area contributed by atoms with Crippen molar-refractivity contribution in [3.05, 3.63) is 52.1 Å². The van der Waals surface area contributed by atoms with Crippen LogP contribution < -0.4 is 15.5 Å². The molecule has 5 aromatic rings. The van der Waals surface area contributed by atoms with Crippen LogP contribution in [0.25, 0.3) is 27.6 Å². The predicted octanol–water partition coefficient (Wildman–Crippen LogP) is 2.01. The van der Waals surface area contributed by atoms with Gasteiger partial charge in [-0.15, -0.1) is 5.10 Å². The van der Waals surface area contributed by atoms with E-state index in [-0.39, 0.29) is 16.6 Å². The largest absolute Gasteiger partial charge is 0.508 e. The summed E-state index contributed by atoms with van der Waals surface area (Å²) in [5, 5.41) is 13.8. The summed E-state index contributed by atoms with van der Waals surface area (Å²) in [4.78, 5) is 25.8. The lowest BCUT2D eigenvalue weighted by Gasteiger charge is -2.36. The Balaban J connectivity index is 1.21. The van der Waals surface area contributed by atoms with E-state index < -0.39 is 5.82 Å². The van der Waals surface area contributed by atoms with Crippen molar-refractivity contribution in [1.29, 1.82) is 0 Å². The molecule has 1 aromatic carbocycles. The molecule has 1 aliphatic heterocycles. The Morgan fingerprint density at radius 3 is 2.69 bits per heavy atom. The summed E-state index contributed by atoms with van der Waals surface area (Å²) in [5.41, 5.74) is 7.57. The van der Waals surface area contributed by atoms with Gasteiger partial charge in [-0.3, -0.25) is 14.3 Å². The lowest BCUT2D eigenvalue weighted by molar-refractivity contribution is 0.248. The number of hydrogen-bond donors (Lipinski definition) is 2. The Kier molecular flexibility index (Phi) is 5.15. The van der Waals surface area contributed by atoms with Gasteiger partial charge in [0, 0.05) is 45.3 Å². The van der Waals surface area contributed by atoms with E-state index in [9.17, 15) is 14.3 Å². The SMILES string of the molecule is Nc1nc2c(sc(=O)n2CCN2CCN(c3ccc(O)cc3F)CC2)c2nc(-c3ccco3)nn12. The lowest BCUT2D eigenvalue weighted by Crippen LogP contribution is -2.47. The minimum absolute atomic E-state index is 0.0897. The van der Waals surface area contributed by atoms with Gasteiger partial charge in [0.1, 0.15) is 16.3 Å². The number of aromatic nitrogens is 5. The van der Waals surface area contributed by atoms with E-state index >= 15 is 0 Å². The zero-order chi connectivity index (χ0) is 24.1. The molecule has 35 heavy (non-hydrogen) atoms. The molecular formula is C22H21FN8O3S. The van der Waals surface area contributed by atoms with Crippen molar-refractivity contribution in [2.24, 2.45) is 0 Å². The number of benzene rings is 1. The van der Waals surface area contributed by atoms with Crippen molar-refractivity contribution in [1.82, 2.24) is 29.0 Å². The average molecular weight is 497 g/mol. The van der Waals surface area contributed by atoms with Crippen molar-refractivity contribution in [2.75, 3.05) is 43.4 Å². The van der Waals surface area contributed by atoms with Crippen LogP contribution in [-0.2, 0) is 6.54 Å². The molecule has 3 N–H and O–H groups in total. The fourth-order valence-electron chi connectivity index (χ4n) is 4.34. The van der Waals surface area contributed by atoms with Gasteiger partial charge in [0.25, 0.3) is 0 Å². The zero-order valence-corrected chi connectivity index (χ0v) is 19.3. The van der Waals surface area contributed by atoms with E-state index in [0.717, 1.165) is 17.4 Å². The first-order chi connectivity index (χ1) is 17.0. The standard InChI is InChI=1S/C22H21FN8O3S/c23-14-12-13(32)3-4-15(14)29-8-5-28(6-9-29)7-10-30-19-17(35-22(30)33)20-25-18(16-2-1-11-34-16)27-31(20)21(24)26-19/h1-4,11-12,32H,5-10H2,(H2,24,26). The number of phenols is 1. The molecule has 0 bridgehead atoms. The number of nitrogens with zero attached hydrogens (tertiary/aromatic N) is 7. The average Bonchev–Trinajstić information content (AvgIpc) is 3.58. The molecular weight excluding hydrogens is 475 g/mol. The normalized spacial score (nSPS) is 14.9. The minimum atomic E-state index is -0.437. The molecule has 1 fully saturated rings. The first-order valence-electron chi connectivity index (χ1n) is 11.0. The number of fused-ring (bicyclic) bond motifs is 3. The van der Waals surface area contributed by atoms with Crippen molar-refractivity contribution in [3.8, 4) is 17.3 Å². The number of rotatable bonds is 5. The number of piperazine rings is 1. The number of furan rings is 1. The van der Waals surface area contributed by atoms with Gasteiger partial charge in [-0.2, -0.15) is 9.50 Å². The fourth-order valence-corrected chi connectivity index (χ4v) is 5.28. The van der Waals surface area contributed by atoms with Crippen LogP contribution >= 0.6 is 11.3 Å². The molecule has 1 saturated heterocycles. The number of halogens is 1. The van der Waals surface area contributed by atoms with Crippen LogP contribution in [0.5, 0.6) is 5.75 Å². The van der Waals surface area contributed by atoms with E-state index in [1.54, 1.807) is 22.8 Å². The number of thiazole rings is 1. The summed E-state index contributed by atoms with van der Waals surface area (Å²) in [5.74, 6) is 0.473. The minimum Gasteiger partial charge on any atom is -0.508 e. The third-order valence-corrected chi connectivity index (χ3v) is 7.11. The van der Waals surface area contributed by atoms with E-state index in [2.05, 4.69) is 20.0 Å². The summed E-state index contributed by atoms with van der Waals surface area (Å²) in [7, 11) is 0. The first kappa shape index (κ1) is 21.6. The fraction of sp³-hybridized carbons (Fsp3) is 0.273. The van der Waals surface area contributed by atoms with Crippen LogP contribution in [0, 0.1) is 5.82 Å². The van der Waals surface area contributed by atoms with Gasteiger partial charge in [-0.1, -0.05) is 11.3 Å². The number of phenolic OH excluding ortho intramolecular Hbond substituents is 1. The second-order valence-electron chi connectivity index (χ2n) is 8.25. The van der Waals surface area contributed by atoms with Crippen LogP contribution in [0.15, 0.2) is 45.8 Å². The van der Waals surface area contributed by atoms with Crippen LogP contribution in [0.2, 0.25) is 0 Å². The van der Waals surface area contributed by atoms with Gasteiger partial charge >= 0.3 is 4.87 Å². The van der Waals surface area contributed by atoms with Gasteiger partial charge in [0.15, 0.2) is 17.1 Å². The second kappa shape index (κ2) is 8.36. The quantitative estimate of drug-likeness (QED) is 0.375. The number of nitrogen functional groups attached to an aromatic ring is 1. The molecule has 180 valence electrons. The highest BCUT2D eigenvalue weighted by molar-refractivity contribution is 7.17. The van der Waals surface area contributed by atoms with Crippen LogP contribution in [-0.4, -0.2) is 66.9 Å². The number of hydrogen-bond acceptors (Lipinski definition) is 10. The van der Waals surface area contributed by atoms with Gasteiger partial charge in [-0.05, 0) is 24.3 Å². The van der Waals surface area contributed by atoms with E-state index in [0.29, 0.717) is 72.5 Å². The van der Waals surface area contributed by atoms with E-state index in [1.807, 2.05) is 4.90 Å². The molecule has 11 nitrogen and oxygen atoms in total. The molecule has 0 saturated carbocycles. The van der Waals surface area contributed by atoms with Crippen molar-refractivity contribution < 1.29 is 13.9 Å². The number of aromatic hydroxyl groups is 1. The van der Waals surface area contributed by atoms with Crippen molar-refractivity contribution in [3.63, 3.8) is 0 Å². The van der Waals surface area contributed by atoms with Gasteiger partial charge in [-0.25, -0.2) is 9.37 Å². The maximum atomic E-state index is 14.2. The molecule has 0 radical (unpaired) electrons. The summed E-state index contributed by atoms with van der Waals surface area (Å²) in [6, 6.07) is 7.70. The smallest absolute Gasteiger partial charge is 0.309 e. The molecule has 4 aromatic heterocycles. The van der Waals surface area contributed by atoms with Crippen LogP contribution in [0.1, 0.15) is 0 Å². The third kappa shape index (κ3) is 3.78. The maximum Gasteiger partial charge on any atom is 0.309 e. The van der Waals surface area contributed by atoms with E-state index in [1.165, 1.54) is 16.8 Å². The number of anilines is 2. The van der Waals surface area contributed by atoms with Crippen molar-refractivity contribution >= 4 is 39.0 Å². The monoisotopic (exact) mass is 496 g/mol. The second-order valence-corrected chi connectivity index (χ2v) is 9.22. The van der Waals surface area contributed by atoms with Gasteiger partial charge in [0.2, 0.25) is 11.8 Å². The lowest BCUT2D eigenvalue weighted by atomic mass is 10.2.